The van der Waals surface area contributed by atoms with E-state index >= 15 is 0 Å². The quantitative estimate of drug-likeness (QED) is 0.471. The molecule has 2 amide bonds. The van der Waals surface area contributed by atoms with E-state index in [0.29, 0.717) is 38.9 Å². The van der Waals surface area contributed by atoms with Crippen molar-refractivity contribution in [2.24, 2.45) is 7.05 Å². The lowest BCUT2D eigenvalue weighted by Crippen LogP contribution is -2.50. The molecule has 12 heteroatoms. The lowest BCUT2D eigenvalue weighted by Gasteiger charge is -2.38. The summed E-state index contributed by atoms with van der Waals surface area (Å²) in [5, 5.41) is 0. The number of halogens is 3. The lowest BCUT2D eigenvalue weighted by molar-refractivity contribution is -0.274. The number of fused-ring (bicyclic) bond motifs is 1. The van der Waals surface area contributed by atoms with Crippen LogP contribution < -0.4 is 16.0 Å². The Balaban J connectivity index is 1.29. The van der Waals surface area contributed by atoms with Crippen LogP contribution >= 0.6 is 0 Å². The smallest absolute Gasteiger partial charge is 0.405 e. The van der Waals surface area contributed by atoms with Crippen LogP contribution in [0.1, 0.15) is 24.0 Å². The number of benzene rings is 2. The third-order valence-electron chi connectivity index (χ3n) is 7.72. The molecule has 0 bridgehead atoms. The Kier molecular flexibility index (Phi) is 7.74. The number of amides is 2. The van der Waals surface area contributed by atoms with Gasteiger partial charge < -0.3 is 14.5 Å². The Morgan fingerprint density at radius 3 is 2.29 bits per heavy atom. The molecule has 41 heavy (non-hydrogen) atoms. The van der Waals surface area contributed by atoms with Crippen molar-refractivity contribution in [1.29, 1.82) is 0 Å². The number of likely N-dealkylation sites (tertiary alicyclic amines) is 1. The molecule has 2 aliphatic heterocycles. The Morgan fingerprint density at radius 1 is 0.927 bits per heavy atom. The summed E-state index contributed by atoms with van der Waals surface area (Å²) in [6, 6.07) is 13.0. The number of piperidine rings is 1. The highest BCUT2D eigenvalue weighted by Crippen LogP contribution is 2.32. The number of carbonyl (C=O) groups excluding carboxylic acids is 2. The van der Waals surface area contributed by atoms with Crippen LogP contribution in [0.25, 0.3) is 11.1 Å². The Bertz CT molecular complexity index is 1590. The number of hydrogen-bond acceptors (Lipinski definition) is 5. The SMILES string of the molecule is Cn1c(=O)c(-c2ccccc2OC(F)(F)F)cn(CC(=O)N2CCC(N3CCc4ccccc4CC3=O)CC2)c1=O. The molecule has 0 saturated carbocycles. The van der Waals surface area contributed by atoms with E-state index in [-0.39, 0.29) is 29.0 Å². The second-order valence-corrected chi connectivity index (χ2v) is 10.3. The van der Waals surface area contributed by atoms with Gasteiger partial charge in [0.15, 0.2) is 0 Å². The molecule has 1 saturated heterocycles. The molecule has 0 atom stereocenters. The fourth-order valence-electron chi connectivity index (χ4n) is 5.59. The van der Waals surface area contributed by atoms with Crippen LogP contribution in [0.5, 0.6) is 5.75 Å². The molecule has 216 valence electrons. The lowest BCUT2D eigenvalue weighted by atomic mass is 10.0. The topological polar surface area (TPSA) is 93.8 Å². The number of rotatable bonds is 5. The van der Waals surface area contributed by atoms with Crippen molar-refractivity contribution in [1.82, 2.24) is 18.9 Å². The van der Waals surface area contributed by atoms with Gasteiger partial charge in [0.2, 0.25) is 11.8 Å². The van der Waals surface area contributed by atoms with E-state index in [0.717, 1.165) is 33.4 Å². The highest BCUT2D eigenvalue weighted by atomic mass is 19.4. The molecule has 0 spiro atoms. The first kappa shape index (κ1) is 28.2. The zero-order valence-electron chi connectivity index (χ0n) is 22.4. The number of para-hydroxylation sites is 1. The van der Waals surface area contributed by atoms with Crippen molar-refractivity contribution in [3.05, 3.63) is 86.7 Å². The maximum Gasteiger partial charge on any atom is 0.573 e. The van der Waals surface area contributed by atoms with Crippen LogP contribution in [0, 0.1) is 0 Å². The molecule has 2 aromatic carbocycles. The fourth-order valence-corrected chi connectivity index (χ4v) is 5.59. The van der Waals surface area contributed by atoms with Crippen LogP contribution in [0.15, 0.2) is 64.3 Å². The van der Waals surface area contributed by atoms with Gasteiger partial charge >= 0.3 is 12.1 Å². The molecule has 5 rings (SSSR count). The highest BCUT2D eigenvalue weighted by molar-refractivity contribution is 5.80. The van der Waals surface area contributed by atoms with Gasteiger partial charge in [-0.3, -0.25) is 23.5 Å². The van der Waals surface area contributed by atoms with Gasteiger partial charge in [0.1, 0.15) is 12.3 Å². The molecular formula is C29H29F3N4O5. The van der Waals surface area contributed by atoms with Gasteiger partial charge in [-0.1, -0.05) is 42.5 Å². The summed E-state index contributed by atoms with van der Waals surface area (Å²) in [4.78, 5) is 55.4. The van der Waals surface area contributed by atoms with Crippen LogP contribution in [-0.4, -0.2) is 62.8 Å². The minimum absolute atomic E-state index is 0.00197. The van der Waals surface area contributed by atoms with Crippen molar-refractivity contribution in [2.75, 3.05) is 19.6 Å². The Morgan fingerprint density at radius 2 is 1.59 bits per heavy atom. The summed E-state index contributed by atoms with van der Waals surface area (Å²) >= 11 is 0. The van der Waals surface area contributed by atoms with E-state index in [1.807, 2.05) is 29.2 Å². The fraction of sp³-hybridized carbons (Fsp3) is 0.379. The van der Waals surface area contributed by atoms with Gasteiger partial charge in [-0.2, -0.15) is 0 Å². The monoisotopic (exact) mass is 570 g/mol. The summed E-state index contributed by atoms with van der Waals surface area (Å²) in [7, 11) is 1.20. The van der Waals surface area contributed by atoms with Crippen molar-refractivity contribution >= 4 is 11.8 Å². The van der Waals surface area contributed by atoms with Gasteiger partial charge in [-0.05, 0) is 36.5 Å². The summed E-state index contributed by atoms with van der Waals surface area (Å²) in [6.45, 7) is 0.987. The Hall–Kier alpha value is -4.35. The van der Waals surface area contributed by atoms with Crippen LogP contribution in [0.3, 0.4) is 0 Å². The number of aromatic nitrogens is 2. The molecule has 0 radical (unpaired) electrons. The summed E-state index contributed by atoms with van der Waals surface area (Å²) in [6.07, 6.45) is -1.59. The van der Waals surface area contributed by atoms with E-state index in [9.17, 15) is 32.3 Å². The maximum absolute atomic E-state index is 13.2. The van der Waals surface area contributed by atoms with Crippen LogP contribution in [0.2, 0.25) is 0 Å². The number of hydrogen-bond donors (Lipinski definition) is 0. The largest absolute Gasteiger partial charge is 0.573 e. The molecule has 0 N–H and O–H groups in total. The van der Waals surface area contributed by atoms with Crippen molar-refractivity contribution in [3.8, 4) is 16.9 Å². The zero-order valence-corrected chi connectivity index (χ0v) is 22.4. The average molecular weight is 571 g/mol. The summed E-state index contributed by atoms with van der Waals surface area (Å²) in [5.74, 6) is -0.898. The molecule has 1 aromatic heterocycles. The van der Waals surface area contributed by atoms with Crippen LogP contribution in [0.4, 0.5) is 13.2 Å². The standard InChI is InChI=1S/C29H29F3N4O5/c1-33-27(39)23(22-8-4-5-9-24(22)41-29(30,31)32)17-35(28(33)40)18-26(38)34-13-11-21(12-14-34)36-15-10-19-6-2-3-7-20(19)16-25(36)37/h2-9,17,21H,10-16,18H2,1H3. The molecule has 1 fully saturated rings. The minimum atomic E-state index is -4.99. The van der Waals surface area contributed by atoms with Gasteiger partial charge in [0, 0.05) is 44.5 Å². The molecule has 0 unspecified atom stereocenters. The van der Waals surface area contributed by atoms with E-state index in [1.54, 1.807) is 4.90 Å². The molecular weight excluding hydrogens is 541 g/mol. The molecule has 0 aliphatic carbocycles. The predicted octanol–water partition coefficient (Wildman–Crippen LogP) is 2.73. The van der Waals surface area contributed by atoms with E-state index in [1.165, 1.54) is 30.8 Å². The average Bonchev–Trinajstić information content (AvgIpc) is 3.11. The number of alkyl halides is 3. The summed E-state index contributed by atoms with van der Waals surface area (Å²) in [5.41, 5.74) is 0.261. The highest BCUT2D eigenvalue weighted by Gasteiger charge is 2.33. The Labute approximate surface area is 233 Å². The van der Waals surface area contributed by atoms with Crippen molar-refractivity contribution in [3.63, 3.8) is 0 Å². The van der Waals surface area contributed by atoms with Gasteiger partial charge in [0.05, 0.1) is 12.0 Å². The third-order valence-corrected chi connectivity index (χ3v) is 7.72. The molecule has 2 aliphatic rings. The molecule has 9 nitrogen and oxygen atoms in total. The van der Waals surface area contributed by atoms with Gasteiger partial charge in [-0.25, -0.2) is 4.79 Å². The maximum atomic E-state index is 13.2. The third kappa shape index (κ3) is 6.06. The normalized spacial score (nSPS) is 16.3. The molecule has 3 heterocycles. The van der Waals surface area contributed by atoms with Crippen molar-refractivity contribution in [2.45, 2.75) is 44.6 Å². The second kappa shape index (κ2) is 11.3. The first-order valence-electron chi connectivity index (χ1n) is 13.3. The number of ether oxygens (including phenoxy) is 1. The summed E-state index contributed by atoms with van der Waals surface area (Å²) < 4.78 is 44.7. The second-order valence-electron chi connectivity index (χ2n) is 10.3. The zero-order chi connectivity index (χ0) is 29.3. The first-order valence-corrected chi connectivity index (χ1v) is 13.3. The molecule has 3 aromatic rings. The van der Waals surface area contributed by atoms with Gasteiger partial charge in [0.25, 0.3) is 5.56 Å². The first-order chi connectivity index (χ1) is 19.5. The minimum Gasteiger partial charge on any atom is -0.405 e. The van der Waals surface area contributed by atoms with Gasteiger partial charge in [-0.15, -0.1) is 13.2 Å². The van der Waals surface area contributed by atoms with Crippen molar-refractivity contribution < 1.29 is 27.5 Å². The van der Waals surface area contributed by atoms with E-state index in [2.05, 4.69) is 4.74 Å². The van der Waals surface area contributed by atoms with Crippen LogP contribution in [-0.2, 0) is 36.0 Å². The van der Waals surface area contributed by atoms with E-state index < -0.39 is 29.9 Å². The number of nitrogens with zero attached hydrogens (tertiary/aromatic N) is 4. The predicted molar refractivity (Wildman–Crippen MR) is 143 cm³/mol. The van der Waals surface area contributed by atoms with E-state index in [4.69, 9.17) is 0 Å². The number of carbonyl (C=O) groups is 2.